The molecule has 7 heteroatoms. The fourth-order valence-electron chi connectivity index (χ4n) is 3.30. The number of nitrogens with one attached hydrogen (secondary N) is 1. The van der Waals surface area contributed by atoms with Crippen LogP contribution in [-0.2, 0) is 13.1 Å². The highest BCUT2D eigenvalue weighted by Crippen LogP contribution is 2.36. The minimum atomic E-state index is -0.101. The highest BCUT2D eigenvalue weighted by Gasteiger charge is 2.31. The summed E-state index contributed by atoms with van der Waals surface area (Å²) in [6.07, 6.45) is 0. The van der Waals surface area contributed by atoms with Gasteiger partial charge < -0.3 is 9.88 Å². The van der Waals surface area contributed by atoms with E-state index in [1.165, 1.54) is 5.56 Å². The molecule has 1 N–H and O–H groups in total. The topological polar surface area (TPSA) is 50.2 Å². The second kappa shape index (κ2) is 6.54. The molecule has 2 aliphatic rings. The van der Waals surface area contributed by atoms with Crippen molar-refractivity contribution in [3.05, 3.63) is 51.8 Å². The molecule has 2 atom stereocenters. The zero-order valence-corrected chi connectivity index (χ0v) is 15.8. The molecule has 0 fully saturated rings. The van der Waals surface area contributed by atoms with Crippen molar-refractivity contribution in [2.24, 2.45) is 0 Å². The van der Waals surface area contributed by atoms with Gasteiger partial charge in [0.25, 0.3) is 5.56 Å². The Kier molecular flexibility index (Phi) is 4.40. The normalized spacial score (nSPS) is 21.0. The number of alkyl halides is 1. The van der Waals surface area contributed by atoms with Gasteiger partial charge in [0.15, 0.2) is 5.16 Å². The molecule has 126 valence electrons. The molecule has 0 aliphatic carbocycles. The molecule has 2 aliphatic heterocycles. The van der Waals surface area contributed by atoms with Gasteiger partial charge in [0.2, 0.25) is 0 Å². The summed E-state index contributed by atoms with van der Waals surface area (Å²) in [7, 11) is 0. The van der Waals surface area contributed by atoms with Gasteiger partial charge >= 0.3 is 0 Å². The largest absolute Gasteiger partial charge is 0.358 e. The van der Waals surface area contributed by atoms with Crippen molar-refractivity contribution in [2.45, 2.75) is 36.5 Å². The van der Waals surface area contributed by atoms with E-state index in [4.69, 9.17) is 0 Å². The maximum absolute atomic E-state index is 12.5. The van der Waals surface area contributed by atoms with Gasteiger partial charge in [-0.2, -0.15) is 4.98 Å². The minimum absolute atomic E-state index is 0.101. The molecule has 0 saturated heterocycles. The van der Waals surface area contributed by atoms with Crippen LogP contribution in [0.4, 0.5) is 5.82 Å². The molecule has 24 heavy (non-hydrogen) atoms. The average molecular weight is 407 g/mol. The third-order valence-electron chi connectivity index (χ3n) is 4.71. The van der Waals surface area contributed by atoms with Gasteiger partial charge in [-0.1, -0.05) is 58.0 Å². The molecular formula is C17H19BrN4OS. The van der Waals surface area contributed by atoms with E-state index in [-0.39, 0.29) is 11.6 Å². The number of nitrogens with zero attached hydrogens (tertiary/aromatic N) is 3. The summed E-state index contributed by atoms with van der Waals surface area (Å²) >= 11 is 5.21. The molecule has 0 unspecified atom stereocenters. The lowest BCUT2D eigenvalue weighted by molar-refractivity contribution is 0.206. The smallest absolute Gasteiger partial charge is 0.280 e. The van der Waals surface area contributed by atoms with Crippen LogP contribution in [-0.4, -0.2) is 31.7 Å². The number of anilines is 1. The molecule has 0 radical (unpaired) electrons. The molecule has 5 nitrogen and oxygen atoms in total. The average Bonchev–Trinajstić information content (AvgIpc) is 3.05. The van der Waals surface area contributed by atoms with Crippen LogP contribution in [0.25, 0.3) is 0 Å². The number of halogens is 1. The molecule has 0 spiro atoms. The van der Waals surface area contributed by atoms with Crippen molar-refractivity contribution in [3.8, 4) is 0 Å². The quantitative estimate of drug-likeness (QED) is 0.626. The van der Waals surface area contributed by atoms with Crippen LogP contribution in [0, 0.1) is 0 Å². The summed E-state index contributed by atoms with van der Waals surface area (Å²) in [6.45, 7) is 4.43. The predicted octanol–water partition coefficient (Wildman–Crippen LogP) is 3.06. The number of benzene rings is 1. The van der Waals surface area contributed by atoms with Gasteiger partial charge in [-0.3, -0.25) is 9.69 Å². The van der Waals surface area contributed by atoms with Crippen molar-refractivity contribution in [3.63, 3.8) is 0 Å². The van der Waals surface area contributed by atoms with E-state index >= 15 is 0 Å². The number of aromatic nitrogens is 2. The lowest BCUT2D eigenvalue weighted by Gasteiger charge is -2.35. The van der Waals surface area contributed by atoms with E-state index in [0.717, 1.165) is 35.1 Å². The SMILES string of the molecule is C[C@H](c1ccccc1)N1CNc2c(c(=O)nc3n2C[C@H](CBr)S3)C1. The minimum Gasteiger partial charge on any atom is -0.358 e. The van der Waals surface area contributed by atoms with E-state index in [1.54, 1.807) is 11.8 Å². The Morgan fingerprint density at radius 1 is 1.42 bits per heavy atom. The summed E-state index contributed by atoms with van der Waals surface area (Å²) in [6, 6.07) is 10.6. The Bertz CT molecular complexity index is 810. The number of hydrogen-bond acceptors (Lipinski definition) is 5. The standard InChI is InChI=1S/C17H19BrN4OS/c1-11(12-5-3-2-4-6-12)21-9-14-15(19-10-21)22-8-13(7-18)24-17(22)20-16(14)23/h2-6,11,13,19H,7-10H2,1H3/t11-,13+/m1/s1. The van der Waals surface area contributed by atoms with Crippen molar-refractivity contribution in [1.29, 1.82) is 0 Å². The maximum Gasteiger partial charge on any atom is 0.280 e. The first kappa shape index (κ1) is 16.2. The molecule has 1 aromatic heterocycles. The molecule has 0 saturated carbocycles. The third kappa shape index (κ3) is 2.78. The summed E-state index contributed by atoms with van der Waals surface area (Å²) in [5, 5.41) is 5.64. The zero-order valence-electron chi connectivity index (χ0n) is 13.4. The number of fused-ring (bicyclic) bond motifs is 3. The lowest BCUT2D eigenvalue weighted by atomic mass is 10.1. The Labute approximate surface area is 153 Å². The third-order valence-corrected chi connectivity index (χ3v) is 7.09. The Morgan fingerprint density at radius 3 is 2.96 bits per heavy atom. The van der Waals surface area contributed by atoms with Gasteiger partial charge in [-0.05, 0) is 12.5 Å². The molecular weight excluding hydrogens is 388 g/mol. The van der Waals surface area contributed by atoms with E-state index in [0.29, 0.717) is 11.8 Å². The van der Waals surface area contributed by atoms with Gasteiger partial charge in [-0.25, -0.2) is 0 Å². The van der Waals surface area contributed by atoms with Crippen LogP contribution in [0.2, 0.25) is 0 Å². The molecule has 4 rings (SSSR count). The Hall–Kier alpha value is -1.31. The maximum atomic E-state index is 12.5. The summed E-state index contributed by atoms with van der Waals surface area (Å²) in [5.74, 6) is 0.956. The van der Waals surface area contributed by atoms with Crippen molar-refractivity contribution >= 4 is 33.5 Å². The van der Waals surface area contributed by atoms with Crippen LogP contribution in [0.5, 0.6) is 0 Å². The Balaban J connectivity index is 1.64. The molecule has 2 aromatic rings. The summed E-state index contributed by atoms with van der Waals surface area (Å²) in [5.41, 5.74) is 1.94. The zero-order chi connectivity index (χ0) is 16.7. The first-order valence-corrected chi connectivity index (χ1v) is 10.1. The number of thioether (sulfide) groups is 1. The van der Waals surface area contributed by atoms with Gasteiger partial charge in [-0.15, -0.1) is 0 Å². The van der Waals surface area contributed by atoms with Crippen LogP contribution < -0.4 is 10.9 Å². The molecule has 3 heterocycles. The van der Waals surface area contributed by atoms with Crippen molar-refractivity contribution in [1.82, 2.24) is 14.5 Å². The first-order valence-electron chi connectivity index (χ1n) is 8.06. The van der Waals surface area contributed by atoms with E-state index in [1.807, 2.05) is 6.07 Å². The summed E-state index contributed by atoms with van der Waals surface area (Å²) in [4.78, 5) is 19.1. The van der Waals surface area contributed by atoms with E-state index < -0.39 is 0 Å². The van der Waals surface area contributed by atoms with Crippen molar-refractivity contribution < 1.29 is 0 Å². The van der Waals surface area contributed by atoms with E-state index in [9.17, 15) is 4.79 Å². The fourth-order valence-corrected chi connectivity index (χ4v) is 4.92. The van der Waals surface area contributed by atoms with Gasteiger partial charge in [0, 0.05) is 29.7 Å². The van der Waals surface area contributed by atoms with Crippen LogP contribution in [0.1, 0.15) is 24.1 Å². The fraction of sp³-hybridized carbons (Fsp3) is 0.412. The number of rotatable bonds is 3. The van der Waals surface area contributed by atoms with Crippen LogP contribution >= 0.6 is 27.7 Å². The van der Waals surface area contributed by atoms with Gasteiger partial charge in [0.05, 0.1) is 12.2 Å². The first-order chi connectivity index (χ1) is 11.7. The van der Waals surface area contributed by atoms with Crippen molar-refractivity contribution in [2.75, 3.05) is 17.3 Å². The predicted molar refractivity (Wildman–Crippen MR) is 101 cm³/mol. The lowest BCUT2D eigenvalue weighted by Crippen LogP contribution is -2.40. The van der Waals surface area contributed by atoms with Crippen LogP contribution in [0.15, 0.2) is 40.3 Å². The van der Waals surface area contributed by atoms with Crippen LogP contribution in [0.3, 0.4) is 0 Å². The molecule has 0 bridgehead atoms. The highest BCUT2D eigenvalue weighted by atomic mass is 79.9. The molecule has 1 aromatic carbocycles. The summed E-state index contributed by atoms with van der Waals surface area (Å²) < 4.78 is 2.16. The number of hydrogen-bond donors (Lipinski definition) is 1. The highest BCUT2D eigenvalue weighted by molar-refractivity contribution is 9.09. The monoisotopic (exact) mass is 406 g/mol. The second-order valence-corrected chi connectivity index (χ2v) is 8.11. The second-order valence-electron chi connectivity index (χ2n) is 6.20. The molecule has 0 amide bonds. The van der Waals surface area contributed by atoms with E-state index in [2.05, 4.69) is 66.9 Å². The Morgan fingerprint density at radius 2 is 2.21 bits per heavy atom. The van der Waals surface area contributed by atoms with Gasteiger partial charge in [0.1, 0.15) is 5.82 Å².